The summed E-state index contributed by atoms with van der Waals surface area (Å²) in [7, 11) is 8.23. The molecule has 1 saturated heterocycles. The molecule has 1 unspecified atom stereocenters. The van der Waals surface area contributed by atoms with Crippen LogP contribution in [0.4, 0.5) is 14.4 Å². The van der Waals surface area contributed by atoms with Gasteiger partial charge in [0.05, 0.1) is 18.8 Å². The van der Waals surface area contributed by atoms with Crippen LogP contribution in [0.5, 0.6) is 0 Å². The van der Waals surface area contributed by atoms with E-state index in [0.717, 1.165) is 31.6 Å². The number of hydrogen-bond acceptors (Lipinski definition) is 13. The Morgan fingerprint density at radius 3 is 1.74 bits per heavy atom. The molecule has 1 rings (SSSR count). The third-order valence-electron chi connectivity index (χ3n) is 11.0. The predicted octanol–water partition coefficient (Wildman–Crippen LogP) is 1.13. The largest absolute Gasteiger partial charge is 0.390 e. The average molecular weight is 943 g/mol. The van der Waals surface area contributed by atoms with Crippen molar-refractivity contribution >= 4 is 65.3 Å². The highest BCUT2D eigenvalue weighted by molar-refractivity contribution is 7.99. The number of ether oxygens (including phenoxy) is 1. The van der Waals surface area contributed by atoms with Crippen LogP contribution in [0.3, 0.4) is 0 Å². The summed E-state index contributed by atoms with van der Waals surface area (Å²) in [4.78, 5) is 128. The fraction of sp³-hybridized carbons (Fsp3) is 0.791. The third kappa shape index (κ3) is 19.5. The van der Waals surface area contributed by atoms with Gasteiger partial charge in [0.1, 0.15) is 30.2 Å². The minimum Gasteiger partial charge on any atom is -0.390 e. The van der Waals surface area contributed by atoms with Crippen molar-refractivity contribution in [2.24, 2.45) is 11.8 Å². The standard InChI is InChI=1S/C43H78N10O11S/c1-15-16-34(54)48(10)33(26-65-22-19-53-17-20-64-21-18-53)39(59)51(13)32(25-43(7,8)63)36(56)46-41(61)52(14)42(62)47-40(60)45-29(6)37(57)50(12)31(24-28(4)5)38(58)49(11)30(23-27(2)3)35(55)44-9/h27-33,63H,15-26H2,1-14H3,(H,44,55)(H,46,56,61)(H2,45,47,60,62)/t29-,30?,31-,32-,33+/m0/s1. The van der Waals surface area contributed by atoms with Crippen LogP contribution < -0.4 is 21.3 Å². The summed E-state index contributed by atoms with van der Waals surface area (Å²) in [6, 6.07) is -9.21. The minimum absolute atomic E-state index is 0.0416. The smallest absolute Gasteiger partial charge is 0.333 e. The van der Waals surface area contributed by atoms with Crippen molar-refractivity contribution in [2.45, 2.75) is 123 Å². The first-order valence-electron chi connectivity index (χ1n) is 22.3. The number of nitrogens with zero attached hydrogens (tertiary/aromatic N) is 6. The molecule has 1 aliphatic rings. The molecule has 0 spiro atoms. The molecule has 0 aliphatic carbocycles. The Morgan fingerprint density at radius 1 is 0.708 bits per heavy atom. The minimum atomic E-state index is -1.52. The van der Waals surface area contributed by atoms with Crippen LogP contribution in [0.2, 0.25) is 0 Å². The van der Waals surface area contributed by atoms with Gasteiger partial charge in [-0.15, -0.1) is 0 Å². The number of nitrogens with one attached hydrogen (secondary N) is 4. The van der Waals surface area contributed by atoms with E-state index in [1.165, 1.54) is 82.5 Å². The van der Waals surface area contributed by atoms with Gasteiger partial charge >= 0.3 is 18.1 Å². The number of imide groups is 3. The predicted molar refractivity (Wildman–Crippen MR) is 247 cm³/mol. The second kappa shape index (κ2) is 27.8. The van der Waals surface area contributed by atoms with Crippen molar-refractivity contribution < 1.29 is 53.0 Å². The number of carbonyl (C=O) groups excluding carboxylic acids is 9. The fourth-order valence-corrected chi connectivity index (χ4v) is 8.15. The number of carbonyl (C=O) groups is 9. The highest BCUT2D eigenvalue weighted by atomic mass is 32.2. The molecule has 0 radical (unpaired) electrons. The number of thioether (sulfide) groups is 1. The number of aliphatic hydroxyl groups is 1. The zero-order valence-corrected chi connectivity index (χ0v) is 42.0. The molecule has 0 bridgehead atoms. The Balaban J connectivity index is 3.12. The Bertz CT molecular complexity index is 1640. The van der Waals surface area contributed by atoms with Crippen LogP contribution in [-0.2, 0) is 33.5 Å². The maximum absolute atomic E-state index is 14.2. The van der Waals surface area contributed by atoms with E-state index in [2.05, 4.69) is 20.9 Å². The number of hydrogen-bond donors (Lipinski definition) is 5. The van der Waals surface area contributed by atoms with Crippen LogP contribution in [0.25, 0.3) is 0 Å². The van der Waals surface area contributed by atoms with E-state index < -0.39 is 77.5 Å². The Morgan fingerprint density at radius 2 is 1.22 bits per heavy atom. The molecular formula is C43H78N10O11S. The van der Waals surface area contributed by atoms with E-state index in [0.29, 0.717) is 36.7 Å². The van der Waals surface area contributed by atoms with Gasteiger partial charge in [0, 0.05) is 86.3 Å². The van der Waals surface area contributed by atoms with Gasteiger partial charge in [-0.3, -0.25) is 44.3 Å². The molecule has 22 heteroatoms. The molecule has 0 aromatic heterocycles. The molecule has 372 valence electrons. The lowest BCUT2D eigenvalue weighted by molar-refractivity contribution is -0.148. The molecule has 5 N–H and O–H groups in total. The Hall–Kier alpha value is -4.54. The van der Waals surface area contributed by atoms with Gasteiger partial charge in [-0.25, -0.2) is 19.3 Å². The summed E-state index contributed by atoms with van der Waals surface area (Å²) in [6.45, 7) is 17.2. The lowest BCUT2D eigenvalue weighted by Crippen LogP contribution is -2.59. The van der Waals surface area contributed by atoms with E-state index >= 15 is 0 Å². The molecule has 0 aromatic carbocycles. The summed E-state index contributed by atoms with van der Waals surface area (Å²) < 4.78 is 5.41. The highest BCUT2D eigenvalue weighted by Gasteiger charge is 2.39. The van der Waals surface area contributed by atoms with Crippen molar-refractivity contribution in [2.75, 3.05) is 86.6 Å². The fourth-order valence-electron chi connectivity index (χ4n) is 7.01. The van der Waals surface area contributed by atoms with Crippen LogP contribution >= 0.6 is 11.8 Å². The molecule has 5 atom stereocenters. The molecule has 21 nitrogen and oxygen atoms in total. The molecule has 1 fully saturated rings. The normalized spacial score (nSPS) is 15.4. The Kier molecular flexibility index (Phi) is 25.0. The van der Waals surface area contributed by atoms with Gasteiger partial charge < -0.3 is 40.1 Å². The molecule has 1 aliphatic heterocycles. The summed E-state index contributed by atoms with van der Waals surface area (Å²) in [5.41, 5.74) is -1.52. The highest BCUT2D eigenvalue weighted by Crippen LogP contribution is 2.21. The summed E-state index contributed by atoms with van der Waals surface area (Å²) in [6.07, 6.45) is 1.04. The maximum atomic E-state index is 14.2. The second-order valence-corrected chi connectivity index (χ2v) is 19.2. The van der Waals surface area contributed by atoms with Gasteiger partial charge in [0.15, 0.2) is 0 Å². The molecule has 1 heterocycles. The topological polar surface area (TPSA) is 251 Å². The van der Waals surface area contributed by atoms with Gasteiger partial charge in [-0.05, 0) is 51.9 Å². The SMILES string of the molecule is CCCC(=O)N(C)[C@H](CSCCN1CCOCC1)C(=O)N(C)[C@@H](CC(C)(C)O)C(=O)NC(=O)N(C)C(=O)NC(=O)N[C@@H](C)C(=O)N(C)[C@@H](CC(C)C)C(=O)N(C)C(CC(C)C)C(=O)NC. The van der Waals surface area contributed by atoms with E-state index in [9.17, 15) is 48.3 Å². The van der Waals surface area contributed by atoms with Crippen LogP contribution in [0.15, 0.2) is 0 Å². The van der Waals surface area contributed by atoms with Crippen LogP contribution in [0.1, 0.15) is 87.5 Å². The number of urea groups is 3. The lowest BCUT2D eigenvalue weighted by Gasteiger charge is -2.36. The average Bonchev–Trinajstić information content (AvgIpc) is 3.24. The lowest BCUT2D eigenvalue weighted by atomic mass is 9.97. The molecule has 12 amide bonds. The summed E-state index contributed by atoms with van der Waals surface area (Å²) >= 11 is 1.48. The van der Waals surface area contributed by atoms with Crippen molar-refractivity contribution in [1.29, 1.82) is 0 Å². The number of rotatable bonds is 23. The monoisotopic (exact) mass is 943 g/mol. The first-order chi connectivity index (χ1) is 30.2. The van der Waals surface area contributed by atoms with Crippen LogP contribution in [0, 0.1) is 11.8 Å². The van der Waals surface area contributed by atoms with E-state index in [-0.39, 0.29) is 48.7 Å². The number of morpholine rings is 1. The van der Waals surface area contributed by atoms with E-state index in [4.69, 9.17) is 4.74 Å². The van der Waals surface area contributed by atoms with Crippen LogP contribution in [-0.4, -0.2) is 210 Å². The van der Waals surface area contributed by atoms with Gasteiger partial charge in [-0.1, -0.05) is 34.6 Å². The first kappa shape index (κ1) is 58.5. The van der Waals surface area contributed by atoms with Crippen molar-refractivity contribution in [3.8, 4) is 0 Å². The van der Waals surface area contributed by atoms with E-state index in [1.807, 2.05) is 39.9 Å². The van der Waals surface area contributed by atoms with Gasteiger partial charge in [0.25, 0.3) is 5.91 Å². The number of amides is 12. The number of likely N-dealkylation sites (N-methyl/N-ethyl adjacent to an activating group) is 5. The van der Waals surface area contributed by atoms with Gasteiger partial charge in [-0.2, -0.15) is 11.8 Å². The zero-order chi connectivity index (χ0) is 49.9. The Labute approximate surface area is 389 Å². The van der Waals surface area contributed by atoms with Gasteiger partial charge in [0.2, 0.25) is 29.5 Å². The quantitative estimate of drug-likeness (QED) is 0.0903. The zero-order valence-electron chi connectivity index (χ0n) is 41.1. The summed E-state index contributed by atoms with van der Waals surface area (Å²) in [5, 5.41) is 19.7. The van der Waals surface area contributed by atoms with Crippen molar-refractivity contribution in [1.82, 2.24) is 50.7 Å². The molecular weight excluding hydrogens is 865 g/mol. The molecule has 0 saturated carbocycles. The van der Waals surface area contributed by atoms with E-state index in [1.54, 1.807) is 0 Å². The second-order valence-electron chi connectivity index (χ2n) is 18.1. The summed E-state index contributed by atoms with van der Waals surface area (Å²) in [5.74, 6) is -2.48. The van der Waals surface area contributed by atoms with Crippen molar-refractivity contribution in [3.63, 3.8) is 0 Å². The molecule has 65 heavy (non-hydrogen) atoms. The molecule has 0 aromatic rings. The van der Waals surface area contributed by atoms with Crippen molar-refractivity contribution in [3.05, 3.63) is 0 Å². The maximum Gasteiger partial charge on any atom is 0.333 e. The first-order valence-corrected chi connectivity index (χ1v) is 23.4. The third-order valence-corrected chi connectivity index (χ3v) is 12.0.